The van der Waals surface area contributed by atoms with E-state index >= 15 is 0 Å². The van der Waals surface area contributed by atoms with Crippen molar-refractivity contribution in [1.29, 1.82) is 0 Å². The van der Waals surface area contributed by atoms with E-state index in [4.69, 9.17) is 0 Å². The number of allylic oxidation sites excluding steroid dienone is 5. The third-order valence-electron chi connectivity index (χ3n) is 16.2. The van der Waals surface area contributed by atoms with Crippen molar-refractivity contribution >= 4 is 105 Å². The van der Waals surface area contributed by atoms with Gasteiger partial charge in [0.05, 0.1) is 33.1 Å². The van der Waals surface area contributed by atoms with Crippen LogP contribution in [0.3, 0.4) is 0 Å². The predicted octanol–water partition coefficient (Wildman–Crippen LogP) is 20.8. The van der Waals surface area contributed by atoms with E-state index < -0.39 is 0 Å². The van der Waals surface area contributed by atoms with Gasteiger partial charge in [-0.1, -0.05) is 204 Å². The molecule has 4 nitrogen and oxygen atoms in total. The molecule has 77 heavy (non-hydrogen) atoms. The molecule has 0 radical (unpaired) electrons. The summed E-state index contributed by atoms with van der Waals surface area (Å²) in [6.07, 6.45) is 8.07. The molecule has 0 fully saturated rings. The minimum Gasteiger partial charge on any atom is -0.314 e. The van der Waals surface area contributed by atoms with Crippen molar-refractivity contribution in [3.05, 3.63) is 260 Å². The van der Waals surface area contributed by atoms with Gasteiger partial charge < -0.3 is 18.6 Å². The molecule has 0 unspecified atom stereocenters. The Labute approximate surface area is 449 Å². The SMILES string of the molecule is C=C/C=C\C=C(/C)N(c1ccc(C(C)C)cc1)c1ccc2c3cccc4c5c(-c6ccccc6)c6c(c(-c7ccccc7)c5n(c2c1)c34)c1cccc2c3ccc(N(c4ccccc4)c4ccc(C(C)C)cc4)cc3n6c21. The van der Waals surface area contributed by atoms with Gasteiger partial charge in [-0.05, 0) is 108 Å². The summed E-state index contributed by atoms with van der Waals surface area (Å²) in [6, 6.07) is 79.5. The fourth-order valence-corrected chi connectivity index (χ4v) is 12.7. The molecule has 4 heteroatoms. The predicted molar refractivity (Wildman–Crippen MR) is 331 cm³/mol. The lowest BCUT2D eigenvalue weighted by atomic mass is 9.89. The number of benzene rings is 10. The highest BCUT2D eigenvalue weighted by molar-refractivity contribution is 6.38. The molecule has 0 saturated carbocycles. The van der Waals surface area contributed by atoms with E-state index in [9.17, 15) is 0 Å². The number of hydrogen-bond acceptors (Lipinski definition) is 2. The minimum atomic E-state index is 0.434. The Hall–Kier alpha value is -9.38. The van der Waals surface area contributed by atoms with Gasteiger partial charge in [-0.3, -0.25) is 0 Å². The first kappa shape index (κ1) is 46.2. The van der Waals surface area contributed by atoms with Crippen LogP contribution in [-0.4, -0.2) is 8.80 Å². The van der Waals surface area contributed by atoms with Gasteiger partial charge in [0.25, 0.3) is 0 Å². The lowest BCUT2D eigenvalue weighted by molar-refractivity contribution is 0.866. The Morgan fingerprint density at radius 2 is 0.831 bits per heavy atom. The highest BCUT2D eigenvalue weighted by atomic mass is 15.2. The largest absolute Gasteiger partial charge is 0.314 e. The maximum Gasteiger partial charge on any atom is 0.0634 e. The minimum absolute atomic E-state index is 0.434. The number of fused-ring (bicyclic) bond motifs is 12. The van der Waals surface area contributed by atoms with E-state index in [0.29, 0.717) is 11.8 Å². The fraction of sp³-hybridized carbons (Fsp3) is 0.0959. The van der Waals surface area contributed by atoms with E-state index in [1.807, 2.05) is 12.2 Å². The second kappa shape index (κ2) is 18.2. The molecule has 0 spiro atoms. The van der Waals surface area contributed by atoms with Gasteiger partial charge >= 0.3 is 0 Å². The summed E-state index contributed by atoms with van der Waals surface area (Å²) in [5, 5.41) is 9.95. The van der Waals surface area contributed by atoms with Crippen LogP contribution in [0, 0.1) is 0 Å². The third kappa shape index (κ3) is 7.12. The monoisotopic (exact) mass is 990 g/mol. The van der Waals surface area contributed by atoms with Crippen molar-refractivity contribution in [2.45, 2.75) is 46.5 Å². The van der Waals surface area contributed by atoms with Crippen molar-refractivity contribution in [1.82, 2.24) is 8.80 Å². The zero-order chi connectivity index (χ0) is 52.1. The molecular formula is C73H58N4. The first-order chi connectivity index (χ1) is 37.8. The molecule has 0 saturated heterocycles. The Morgan fingerprint density at radius 1 is 0.403 bits per heavy atom. The van der Waals surface area contributed by atoms with Crippen molar-refractivity contribution in [2.24, 2.45) is 0 Å². The van der Waals surface area contributed by atoms with Crippen molar-refractivity contribution in [3.8, 4) is 22.3 Å². The van der Waals surface area contributed by atoms with Crippen LogP contribution in [0.4, 0.5) is 28.4 Å². The lowest BCUT2D eigenvalue weighted by Gasteiger charge is -2.26. The zero-order valence-electron chi connectivity index (χ0n) is 44.2. The van der Waals surface area contributed by atoms with Gasteiger partial charge in [0.15, 0.2) is 0 Å². The second-order valence-electron chi connectivity index (χ2n) is 21.3. The van der Waals surface area contributed by atoms with Crippen LogP contribution in [0.1, 0.15) is 57.6 Å². The van der Waals surface area contributed by atoms with Crippen molar-refractivity contribution < 1.29 is 0 Å². The molecule has 0 aliphatic carbocycles. The summed E-state index contributed by atoms with van der Waals surface area (Å²) in [5.74, 6) is 0.874. The van der Waals surface area contributed by atoms with E-state index in [1.54, 1.807) is 0 Å². The molecule has 0 aliphatic heterocycles. The standard InChI is InChI=1S/C73H58N4/c1-7-8-12-21-48(6)74(54-36-32-49(33-37-54)46(2)3)56-40-42-58-60-28-19-30-62-68-67(52-24-15-10-16-25-52)73-69(66(51-22-13-9-14-23-51)72(68)76(70(60)62)64(58)44-56)63-31-20-29-61-59-43-41-57(45-65(59)77(73)71(61)63)75(53-26-17-11-18-27-53)55-38-34-50(35-39-55)47(4)5/h7-47H,1H2,2-6H3/b12-8-,48-21+. The van der Waals surface area contributed by atoms with Gasteiger partial charge in [0.1, 0.15) is 0 Å². The zero-order valence-corrected chi connectivity index (χ0v) is 44.2. The van der Waals surface area contributed by atoms with Crippen LogP contribution in [0.25, 0.3) is 98.4 Å². The van der Waals surface area contributed by atoms with Crippen LogP contribution < -0.4 is 9.80 Å². The van der Waals surface area contributed by atoms with E-state index in [0.717, 1.165) is 34.1 Å². The molecule has 0 aliphatic rings. The van der Waals surface area contributed by atoms with Crippen LogP contribution >= 0.6 is 0 Å². The van der Waals surface area contributed by atoms with Crippen LogP contribution in [0.2, 0.25) is 0 Å². The summed E-state index contributed by atoms with van der Waals surface area (Å²) >= 11 is 0. The van der Waals surface area contributed by atoms with Gasteiger partial charge in [-0.2, -0.15) is 0 Å². The first-order valence-electron chi connectivity index (χ1n) is 27.1. The maximum atomic E-state index is 3.95. The average Bonchev–Trinajstić information content (AvgIpc) is 3.87. The summed E-state index contributed by atoms with van der Waals surface area (Å²) in [7, 11) is 0. The Bertz CT molecular complexity index is 4610. The molecule has 10 aromatic carbocycles. The van der Waals surface area contributed by atoms with Gasteiger partial charge in [-0.15, -0.1) is 0 Å². The lowest BCUT2D eigenvalue weighted by Crippen LogP contribution is -2.14. The maximum absolute atomic E-state index is 3.95. The molecule has 0 bridgehead atoms. The quantitative estimate of drug-likeness (QED) is 0.113. The number of anilines is 5. The normalized spacial score (nSPS) is 12.5. The van der Waals surface area contributed by atoms with Crippen molar-refractivity contribution in [3.63, 3.8) is 0 Å². The molecule has 0 atom stereocenters. The van der Waals surface area contributed by atoms with Crippen LogP contribution in [0.5, 0.6) is 0 Å². The summed E-state index contributed by atoms with van der Waals surface area (Å²) < 4.78 is 5.25. The van der Waals surface area contributed by atoms with E-state index in [2.05, 4.69) is 284 Å². The fourth-order valence-electron chi connectivity index (χ4n) is 12.7. The molecule has 4 aromatic heterocycles. The molecule has 0 amide bonds. The Kier molecular flexibility index (Phi) is 10.9. The molecule has 370 valence electrons. The Balaban J connectivity index is 1.14. The molecule has 4 heterocycles. The topological polar surface area (TPSA) is 15.3 Å². The summed E-state index contributed by atoms with van der Waals surface area (Å²) in [4.78, 5) is 4.80. The van der Waals surface area contributed by atoms with Crippen LogP contribution in [-0.2, 0) is 0 Å². The molecule has 14 rings (SSSR count). The second-order valence-corrected chi connectivity index (χ2v) is 21.3. The number of para-hydroxylation sites is 3. The average molecular weight is 991 g/mol. The smallest absolute Gasteiger partial charge is 0.0634 e. The number of rotatable bonds is 12. The highest BCUT2D eigenvalue weighted by Gasteiger charge is 2.31. The van der Waals surface area contributed by atoms with Gasteiger partial charge in [-0.25, -0.2) is 0 Å². The number of nitrogens with zero attached hydrogens (tertiary/aromatic N) is 4. The summed E-state index contributed by atoms with van der Waals surface area (Å²) in [5.41, 5.74) is 21.4. The highest BCUT2D eigenvalue weighted by Crippen LogP contribution is 2.54. The van der Waals surface area contributed by atoms with E-state index in [1.165, 1.54) is 110 Å². The van der Waals surface area contributed by atoms with Crippen molar-refractivity contribution in [2.75, 3.05) is 9.80 Å². The molecular weight excluding hydrogens is 933 g/mol. The van der Waals surface area contributed by atoms with Gasteiger partial charge in [0, 0.05) is 88.4 Å². The third-order valence-corrected chi connectivity index (χ3v) is 16.2. The van der Waals surface area contributed by atoms with Gasteiger partial charge in [0.2, 0.25) is 0 Å². The van der Waals surface area contributed by atoms with E-state index in [-0.39, 0.29) is 0 Å². The number of aromatic nitrogens is 2. The molecule has 14 aromatic rings. The van der Waals surface area contributed by atoms with Crippen LogP contribution in [0.15, 0.2) is 249 Å². The first-order valence-corrected chi connectivity index (χ1v) is 27.1. The summed E-state index contributed by atoms with van der Waals surface area (Å²) in [6.45, 7) is 15.2. The number of hydrogen-bond donors (Lipinski definition) is 0. The molecule has 0 N–H and O–H groups in total. The Morgan fingerprint density at radius 3 is 1.32 bits per heavy atom.